The first kappa shape index (κ1) is 17.5. The Labute approximate surface area is 153 Å². The van der Waals surface area contributed by atoms with Gasteiger partial charge in [-0.25, -0.2) is 0 Å². The summed E-state index contributed by atoms with van der Waals surface area (Å²) in [5, 5.41) is 8.78. The predicted octanol–water partition coefficient (Wildman–Crippen LogP) is 3.26. The van der Waals surface area contributed by atoms with E-state index in [1.807, 2.05) is 35.2 Å². The van der Waals surface area contributed by atoms with Crippen LogP contribution in [0.25, 0.3) is 0 Å². The summed E-state index contributed by atoms with van der Waals surface area (Å²) in [7, 11) is 0. The van der Waals surface area contributed by atoms with Crippen molar-refractivity contribution in [3.63, 3.8) is 0 Å². The first-order chi connectivity index (χ1) is 12.3. The van der Waals surface area contributed by atoms with E-state index in [2.05, 4.69) is 35.2 Å². The van der Waals surface area contributed by atoms with E-state index in [0.29, 0.717) is 11.3 Å². The second-order valence-corrected chi connectivity index (χ2v) is 7.01. The third-order valence-electron chi connectivity index (χ3n) is 4.32. The average Bonchev–Trinajstić information content (AvgIpc) is 2.67. The Balaban J connectivity index is 1.59. The molecule has 0 atom stereocenters. The Morgan fingerprint density at radius 3 is 2.40 bits per heavy atom. The maximum Gasteiger partial charge on any atom is 0.255 e. The first-order valence-corrected chi connectivity index (χ1v) is 9.41. The van der Waals surface area contributed by atoms with Crippen molar-refractivity contribution in [2.24, 2.45) is 0 Å². The molecule has 0 N–H and O–H groups in total. The summed E-state index contributed by atoms with van der Waals surface area (Å²) in [5.74, 6) is 0.426. The Bertz CT molecular complexity index is 749. The van der Waals surface area contributed by atoms with E-state index in [0.717, 1.165) is 37.6 Å². The van der Waals surface area contributed by atoms with Crippen molar-refractivity contribution in [3.8, 4) is 6.07 Å². The van der Waals surface area contributed by atoms with Crippen molar-refractivity contribution in [1.29, 1.82) is 5.26 Å². The van der Waals surface area contributed by atoms with Crippen LogP contribution in [0, 0.1) is 11.3 Å². The largest absolute Gasteiger partial charge is 0.336 e. The van der Waals surface area contributed by atoms with Crippen LogP contribution in [-0.2, 0) is 6.54 Å². The van der Waals surface area contributed by atoms with Crippen LogP contribution < -0.4 is 0 Å². The molecule has 4 nitrogen and oxygen atoms in total. The molecule has 3 rings (SSSR count). The Hall–Kier alpha value is -2.29. The topological polar surface area (TPSA) is 47.3 Å². The van der Waals surface area contributed by atoms with Crippen molar-refractivity contribution in [2.75, 3.05) is 31.9 Å². The van der Waals surface area contributed by atoms with Crippen molar-refractivity contribution in [3.05, 3.63) is 65.7 Å². The summed E-state index contributed by atoms with van der Waals surface area (Å²) in [5.41, 5.74) is 2.01. The number of carbonyl (C=O) groups is 1. The lowest BCUT2D eigenvalue weighted by atomic mass is 10.1. The van der Waals surface area contributed by atoms with Crippen LogP contribution >= 0.6 is 11.8 Å². The summed E-state index contributed by atoms with van der Waals surface area (Å²) in [6.07, 6.45) is 0. The van der Waals surface area contributed by atoms with E-state index >= 15 is 0 Å². The monoisotopic (exact) mass is 351 g/mol. The number of carbonyl (C=O) groups excluding carboxylic acids is 1. The zero-order valence-electron chi connectivity index (χ0n) is 14.1. The van der Waals surface area contributed by atoms with Crippen molar-refractivity contribution >= 4 is 17.7 Å². The van der Waals surface area contributed by atoms with Crippen LogP contribution in [0.5, 0.6) is 0 Å². The molecule has 1 heterocycles. The smallest absolute Gasteiger partial charge is 0.255 e. The highest BCUT2D eigenvalue weighted by Crippen LogP contribution is 2.24. The fourth-order valence-corrected chi connectivity index (χ4v) is 3.71. The minimum Gasteiger partial charge on any atom is -0.336 e. The van der Waals surface area contributed by atoms with Crippen LogP contribution in [0.1, 0.15) is 15.9 Å². The molecule has 1 aliphatic rings. The first-order valence-electron chi connectivity index (χ1n) is 8.42. The minimum absolute atomic E-state index is 0.0698. The number of rotatable bonds is 5. The summed E-state index contributed by atoms with van der Waals surface area (Å²) in [4.78, 5) is 18.1. The van der Waals surface area contributed by atoms with Gasteiger partial charge in [0.1, 0.15) is 0 Å². The number of nitrogens with zero attached hydrogens (tertiary/aromatic N) is 3. The lowest BCUT2D eigenvalue weighted by Crippen LogP contribution is -2.48. The predicted molar refractivity (Wildman–Crippen MR) is 100 cm³/mol. The van der Waals surface area contributed by atoms with Crippen molar-refractivity contribution in [1.82, 2.24) is 9.80 Å². The van der Waals surface area contributed by atoms with Crippen LogP contribution in [0.4, 0.5) is 0 Å². The molecule has 1 fully saturated rings. The number of benzene rings is 2. The van der Waals surface area contributed by atoms with E-state index < -0.39 is 0 Å². The van der Waals surface area contributed by atoms with E-state index in [9.17, 15) is 4.79 Å². The molecule has 0 bridgehead atoms. The van der Waals surface area contributed by atoms with Gasteiger partial charge in [-0.3, -0.25) is 9.69 Å². The van der Waals surface area contributed by atoms with Gasteiger partial charge in [0.2, 0.25) is 0 Å². The van der Waals surface area contributed by atoms with E-state index in [-0.39, 0.29) is 5.91 Å². The zero-order chi connectivity index (χ0) is 17.5. The fraction of sp³-hybridized carbons (Fsp3) is 0.300. The molecular formula is C20H21N3OS. The van der Waals surface area contributed by atoms with Crippen LogP contribution in [-0.4, -0.2) is 47.6 Å². The Morgan fingerprint density at radius 2 is 1.68 bits per heavy atom. The molecule has 5 heteroatoms. The van der Waals surface area contributed by atoms with Crippen molar-refractivity contribution in [2.45, 2.75) is 11.4 Å². The molecule has 128 valence electrons. The molecule has 1 aliphatic heterocycles. The van der Waals surface area contributed by atoms with E-state index in [1.165, 1.54) is 17.3 Å². The van der Waals surface area contributed by atoms with Crippen LogP contribution in [0.15, 0.2) is 59.5 Å². The fourth-order valence-electron chi connectivity index (χ4n) is 3.00. The molecule has 0 unspecified atom stereocenters. The minimum atomic E-state index is 0.0698. The molecule has 0 saturated carbocycles. The molecule has 0 aromatic heterocycles. The van der Waals surface area contributed by atoms with Gasteiger partial charge in [-0.05, 0) is 17.7 Å². The summed E-state index contributed by atoms with van der Waals surface area (Å²) < 4.78 is 0. The Morgan fingerprint density at radius 1 is 1.00 bits per heavy atom. The van der Waals surface area contributed by atoms with Gasteiger partial charge in [0.25, 0.3) is 5.91 Å². The normalized spacial score (nSPS) is 14.9. The third-order valence-corrected chi connectivity index (χ3v) is 5.26. The number of thioether (sulfide) groups is 1. The second-order valence-electron chi connectivity index (χ2n) is 6.00. The van der Waals surface area contributed by atoms with Gasteiger partial charge in [-0.1, -0.05) is 42.5 Å². The molecule has 0 radical (unpaired) electrons. The summed E-state index contributed by atoms with van der Waals surface area (Å²) >= 11 is 1.42. The van der Waals surface area contributed by atoms with E-state index in [1.54, 1.807) is 0 Å². The SMILES string of the molecule is N#CCSc1ccccc1C(=O)N1CCN(Cc2ccccc2)CC1. The summed E-state index contributed by atoms with van der Waals surface area (Å²) in [6, 6.07) is 20.1. The van der Waals surface area contributed by atoms with Gasteiger partial charge in [0.05, 0.1) is 17.4 Å². The van der Waals surface area contributed by atoms with Crippen LogP contribution in [0.3, 0.4) is 0 Å². The molecular weight excluding hydrogens is 330 g/mol. The standard InChI is InChI=1S/C20H21N3OS/c21-10-15-25-19-9-5-4-8-18(19)20(24)23-13-11-22(12-14-23)16-17-6-2-1-3-7-17/h1-9H,11-16H2. The number of hydrogen-bond donors (Lipinski definition) is 0. The highest BCUT2D eigenvalue weighted by molar-refractivity contribution is 7.99. The molecule has 0 spiro atoms. The Kier molecular flexibility index (Phi) is 6.10. The average molecular weight is 351 g/mol. The van der Waals surface area contributed by atoms with Crippen LogP contribution in [0.2, 0.25) is 0 Å². The van der Waals surface area contributed by atoms with Crippen molar-refractivity contribution < 1.29 is 4.79 Å². The van der Waals surface area contributed by atoms with Gasteiger partial charge in [-0.15, -0.1) is 11.8 Å². The molecule has 1 saturated heterocycles. The van der Waals surface area contributed by atoms with Gasteiger partial charge in [-0.2, -0.15) is 5.26 Å². The van der Waals surface area contributed by atoms with Gasteiger partial charge < -0.3 is 4.90 Å². The maximum atomic E-state index is 12.9. The maximum absolute atomic E-state index is 12.9. The van der Waals surface area contributed by atoms with E-state index in [4.69, 9.17) is 5.26 Å². The quantitative estimate of drug-likeness (QED) is 0.776. The lowest BCUT2D eigenvalue weighted by Gasteiger charge is -2.35. The number of piperazine rings is 1. The number of amides is 1. The zero-order valence-corrected chi connectivity index (χ0v) is 14.9. The highest BCUT2D eigenvalue weighted by Gasteiger charge is 2.23. The van der Waals surface area contributed by atoms with Gasteiger partial charge in [0.15, 0.2) is 0 Å². The summed E-state index contributed by atoms with van der Waals surface area (Å²) in [6.45, 7) is 4.17. The van der Waals surface area contributed by atoms with Gasteiger partial charge in [0, 0.05) is 37.6 Å². The molecule has 1 amide bonds. The third kappa shape index (κ3) is 4.62. The number of nitriles is 1. The molecule has 2 aromatic rings. The lowest BCUT2D eigenvalue weighted by molar-refractivity contribution is 0.0625. The second kappa shape index (κ2) is 8.70. The molecule has 0 aliphatic carbocycles. The molecule has 25 heavy (non-hydrogen) atoms. The highest BCUT2D eigenvalue weighted by atomic mass is 32.2. The number of hydrogen-bond acceptors (Lipinski definition) is 4. The molecule has 2 aromatic carbocycles. The van der Waals surface area contributed by atoms with Gasteiger partial charge >= 0.3 is 0 Å².